The van der Waals surface area contributed by atoms with E-state index in [1.165, 1.54) is 0 Å². The molecular formula is C14H24N4O. The maximum atomic E-state index is 5.95. The third-order valence-electron chi connectivity index (χ3n) is 3.46. The Morgan fingerprint density at radius 3 is 2.63 bits per heavy atom. The predicted molar refractivity (Wildman–Crippen MR) is 76.3 cm³/mol. The Kier molecular flexibility index (Phi) is 4.71. The standard InChI is InChI=1S/C14H24N4O/c1-10(2)14-16-12(9-19-3)8-13(17-14)18-6-4-11(15)5-7-18/h8,10-11H,4-7,9,15H2,1-3H3. The summed E-state index contributed by atoms with van der Waals surface area (Å²) in [6, 6.07) is 2.37. The molecule has 1 aromatic rings. The molecule has 5 heteroatoms. The molecule has 0 radical (unpaired) electrons. The molecule has 1 saturated heterocycles. The molecule has 1 aliphatic heterocycles. The van der Waals surface area contributed by atoms with Gasteiger partial charge in [0.2, 0.25) is 0 Å². The highest BCUT2D eigenvalue weighted by molar-refractivity contribution is 5.40. The van der Waals surface area contributed by atoms with Crippen molar-refractivity contribution in [2.75, 3.05) is 25.1 Å². The Morgan fingerprint density at radius 1 is 1.37 bits per heavy atom. The lowest BCUT2D eigenvalue weighted by molar-refractivity contribution is 0.181. The fourth-order valence-electron chi connectivity index (χ4n) is 2.27. The van der Waals surface area contributed by atoms with E-state index in [1.807, 2.05) is 6.07 Å². The largest absolute Gasteiger partial charge is 0.378 e. The second kappa shape index (κ2) is 6.30. The van der Waals surface area contributed by atoms with E-state index >= 15 is 0 Å². The number of anilines is 1. The van der Waals surface area contributed by atoms with Crippen LogP contribution in [-0.2, 0) is 11.3 Å². The summed E-state index contributed by atoms with van der Waals surface area (Å²) in [4.78, 5) is 11.5. The zero-order valence-electron chi connectivity index (χ0n) is 12.1. The van der Waals surface area contributed by atoms with Crippen LogP contribution in [0.4, 0.5) is 5.82 Å². The average molecular weight is 264 g/mol. The summed E-state index contributed by atoms with van der Waals surface area (Å²) in [5.74, 6) is 2.22. The van der Waals surface area contributed by atoms with E-state index in [2.05, 4.69) is 28.7 Å². The molecular weight excluding hydrogens is 240 g/mol. The van der Waals surface area contributed by atoms with Gasteiger partial charge in [0, 0.05) is 38.2 Å². The van der Waals surface area contributed by atoms with Crippen LogP contribution in [0.1, 0.15) is 44.1 Å². The minimum absolute atomic E-state index is 0.322. The van der Waals surface area contributed by atoms with E-state index in [-0.39, 0.29) is 0 Å². The molecule has 1 aromatic heterocycles. The molecule has 0 aromatic carbocycles. The quantitative estimate of drug-likeness (QED) is 0.896. The molecule has 0 unspecified atom stereocenters. The first-order valence-corrected chi connectivity index (χ1v) is 6.97. The summed E-state index contributed by atoms with van der Waals surface area (Å²) in [5, 5.41) is 0. The van der Waals surface area contributed by atoms with Crippen LogP contribution in [0.2, 0.25) is 0 Å². The van der Waals surface area contributed by atoms with Gasteiger partial charge < -0.3 is 15.4 Å². The SMILES string of the molecule is COCc1cc(N2CCC(N)CC2)nc(C(C)C)n1. The lowest BCUT2D eigenvalue weighted by atomic mass is 10.1. The topological polar surface area (TPSA) is 64.3 Å². The molecule has 1 fully saturated rings. The third kappa shape index (κ3) is 3.64. The number of nitrogens with zero attached hydrogens (tertiary/aromatic N) is 3. The van der Waals surface area contributed by atoms with Crippen molar-refractivity contribution in [2.45, 2.75) is 45.3 Å². The Bertz CT molecular complexity index is 414. The van der Waals surface area contributed by atoms with E-state index in [0.29, 0.717) is 18.6 Å². The van der Waals surface area contributed by atoms with Crippen molar-refractivity contribution >= 4 is 5.82 Å². The maximum Gasteiger partial charge on any atom is 0.133 e. The molecule has 5 nitrogen and oxygen atoms in total. The van der Waals surface area contributed by atoms with Crippen LogP contribution in [0.5, 0.6) is 0 Å². The van der Waals surface area contributed by atoms with E-state index < -0.39 is 0 Å². The number of hydrogen-bond acceptors (Lipinski definition) is 5. The fraction of sp³-hybridized carbons (Fsp3) is 0.714. The van der Waals surface area contributed by atoms with Gasteiger partial charge in [-0.25, -0.2) is 9.97 Å². The molecule has 0 amide bonds. The summed E-state index contributed by atoms with van der Waals surface area (Å²) in [6.07, 6.45) is 2.06. The zero-order chi connectivity index (χ0) is 13.8. The average Bonchev–Trinajstić information content (AvgIpc) is 2.39. The van der Waals surface area contributed by atoms with Gasteiger partial charge in [-0.2, -0.15) is 0 Å². The Labute approximate surface area is 115 Å². The molecule has 0 bridgehead atoms. The lowest BCUT2D eigenvalue weighted by Gasteiger charge is -2.31. The summed E-state index contributed by atoms with van der Waals surface area (Å²) < 4.78 is 5.19. The van der Waals surface area contributed by atoms with Crippen LogP contribution < -0.4 is 10.6 Å². The lowest BCUT2D eigenvalue weighted by Crippen LogP contribution is -2.40. The monoisotopic (exact) mass is 264 g/mol. The predicted octanol–water partition coefficient (Wildman–Crippen LogP) is 1.67. The highest BCUT2D eigenvalue weighted by Gasteiger charge is 2.19. The minimum atomic E-state index is 0.322. The minimum Gasteiger partial charge on any atom is -0.378 e. The van der Waals surface area contributed by atoms with Crippen molar-refractivity contribution in [3.05, 3.63) is 17.6 Å². The molecule has 1 aliphatic rings. The summed E-state index contributed by atoms with van der Waals surface area (Å²) in [5.41, 5.74) is 6.90. The number of aromatic nitrogens is 2. The molecule has 0 saturated carbocycles. The van der Waals surface area contributed by atoms with Gasteiger partial charge in [0.15, 0.2) is 0 Å². The van der Waals surface area contributed by atoms with Gasteiger partial charge in [0.25, 0.3) is 0 Å². The molecule has 0 spiro atoms. The highest BCUT2D eigenvalue weighted by atomic mass is 16.5. The second-order valence-corrected chi connectivity index (χ2v) is 5.49. The fourth-order valence-corrected chi connectivity index (χ4v) is 2.27. The molecule has 2 heterocycles. The number of rotatable bonds is 4. The van der Waals surface area contributed by atoms with Crippen molar-refractivity contribution in [3.8, 4) is 0 Å². The van der Waals surface area contributed by atoms with Crippen LogP contribution in [-0.4, -0.2) is 36.2 Å². The molecule has 106 valence electrons. The van der Waals surface area contributed by atoms with Gasteiger partial charge in [0.05, 0.1) is 12.3 Å². The third-order valence-corrected chi connectivity index (χ3v) is 3.46. The molecule has 0 aliphatic carbocycles. The van der Waals surface area contributed by atoms with Crippen molar-refractivity contribution in [1.29, 1.82) is 0 Å². The van der Waals surface area contributed by atoms with Gasteiger partial charge in [-0.1, -0.05) is 13.8 Å². The Morgan fingerprint density at radius 2 is 2.05 bits per heavy atom. The number of piperidine rings is 1. The van der Waals surface area contributed by atoms with Gasteiger partial charge in [-0.15, -0.1) is 0 Å². The maximum absolute atomic E-state index is 5.95. The molecule has 0 atom stereocenters. The van der Waals surface area contributed by atoms with Crippen molar-refractivity contribution < 1.29 is 4.74 Å². The van der Waals surface area contributed by atoms with E-state index in [0.717, 1.165) is 43.3 Å². The molecule has 2 N–H and O–H groups in total. The number of ether oxygens (including phenoxy) is 1. The molecule has 2 rings (SSSR count). The number of methoxy groups -OCH3 is 1. The second-order valence-electron chi connectivity index (χ2n) is 5.49. The van der Waals surface area contributed by atoms with Crippen LogP contribution in [0, 0.1) is 0 Å². The first-order chi connectivity index (χ1) is 9.10. The van der Waals surface area contributed by atoms with Crippen molar-refractivity contribution in [2.24, 2.45) is 5.73 Å². The van der Waals surface area contributed by atoms with Gasteiger partial charge in [-0.3, -0.25) is 0 Å². The molecule has 19 heavy (non-hydrogen) atoms. The first kappa shape index (κ1) is 14.2. The van der Waals surface area contributed by atoms with Crippen molar-refractivity contribution in [3.63, 3.8) is 0 Å². The summed E-state index contributed by atoms with van der Waals surface area (Å²) in [7, 11) is 1.69. The van der Waals surface area contributed by atoms with E-state index in [1.54, 1.807) is 7.11 Å². The van der Waals surface area contributed by atoms with E-state index in [4.69, 9.17) is 10.5 Å². The summed E-state index contributed by atoms with van der Waals surface area (Å²) >= 11 is 0. The van der Waals surface area contributed by atoms with Crippen LogP contribution >= 0.6 is 0 Å². The van der Waals surface area contributed by atoms with Gasteiger partial charge in [-0.05, 0) is 12.8 Å². The highest BCUT2D eigenvalue weighted by Crippen LogP contribution is 2.21. The normalized spacial score (nSPS) is 17.2. The number of nitrogens with two attached hydrogens (primary N) is 1. The van der Waals surface area contributed by atoms with Crippen LogP contribution in [0.25, 0.3) is 0 Å². The smallest absolute Gasteiger partial charge is 0.133 e. The van der Waals surface area contributed by atoms with Gasteiger partial charge >= 0.3 is 0 Å². The zero-order valence-corrected chi connectivity index (χ0v) is 12.1. The van der Waals surface area contributed by atoms with Gasteiger partial charge in [0.1, 0.15) is 11.6 Å². The van der Waals surface area contributed by atoms with Crippen LogP contribution in [0.3, 0.4) is 0 Å². The first-order valence-electron chi connectivity index (χ1n) is 6.97. The number of hydrogen-bond donors (Lipinski definition) is 1. The van der Waals surface area contributed by atoms with Crippen LogP contribution in [0.15, 0.2) is 6.07 Å². The summed E-state index contributed by atoms with van der Waals surface area (Å²) in [6.45, 7) is 6.70. The Hall–Kier alpha value is -1.20. The van der Waals surface area contributed by atoms with Crippen molar-refractivity contribution in [1.82, 2.24) is 9.97 Å². The Balaban J connectivity index is 2.23. The van der Waals surface area contributed by atoms with E-state index in [9.17, 15) is 0 Å².